The van der Waals surface area contributed by atoms with Gasteiger partial charge in [0.2, 0.25) is 0 Å². The second kappa shape index (κ2) is 9.44. The summed E-state index contributed by atoms with van der Waals surface area (Å²) >= 11 is 0. The lowest BCUT2D eigenvalue weighted by atomic mass is 9.48. The molecule has 178 valence electrons. The summed E-state index contributed by atoms with van der Waals surface area (Å²) in [5.74, 6) is 8.91. The Morgan fingerprint density at radius 1 is 1.00 bits per heavy atom. The van der Waals surface area contributed by atoms with E-state index in [9.17, 15) is 4.79 Å². The molecule has 1 N–H and O–H groups in total. The molecule has 5 nitrogen and oxygen atoms in total. The Balaban J connectivity index is 1.44. The highest BCUT2D eigenvalue weighted by atomic mass is 16.7. The third-order valence-electron chi connectivity index (χ3n) is 7.92. The van der Waals surface area contributed by atoms with Crippen LogP contribution in [-0.4, -0.2) is 31.3 Å². The summed E-state index contributed by atoms with van der Waals surface area (Å²) in [6, 6.07) is 12.9. The third kappa shape index (κ3) is 4.71. The normalized spacial score (nSPS) is 27.6. The molecular weight excluding hydrogens is 428 g/mol. The van der Waals surface area contributed by atoms with E-state index in [4.69, 9.17) is 19.3 Å². The van der Waals surface area contributed by atoms with Crippen LogP contribution in [0.15, 0.2) is 42.5 Å². The molecule has 34 heavy (non-hydrogen) atoms. The van der Waals surface area contributed by atoms with Gasteiger partial charge in [0.05, 0.1) is 5.56 Å². The van der Waals surface area contributed by atoms with Crippen LogP contribution < -0.4 is 4.74 Å². The van der Waals surface area contributed by atoms with Crippen LogP contribution in [0.25, 0.3) is 0 Å². The second-order valence-corrected chi connectivity index (χ2v) is 10.3. The first-order valence-corrected chi connectivity index (χ1v) is 12.2. The van der Waals surface area contributed by atoms with Crippen LogP contribution >= 0.6 is 0 Å². The Morgan fingerprint density at radius 3 is 2.18 bits per heavy atom. The van der Waals surface area contributed by atoms with Crippen LogP contribution in [0.2, 0.25) is 0 Å². The van der Waals surface area contributed by atoms with E-state index in [0.717, 1.165) is 34.6 Å². The minimum atomic E-state index is -0.931. The lowest BCUT2D eigenvalue weighted by molar-refractivity contribution is -0.150. The van der Waals surface area contributed by atoms with Crippen molar-refractivity contribution in [1.82, 2.24) is 0 Å². The van der Waals surface area contributed by atoms with Crippen molar-refractivity contribution in [2.75, 3.05) is 13.9 Å². The molecule has 0 saturated heterocycles. The highest BCUT2D eigenvalue weighted by Crippen LogP contribution is 2.61. The van der Waals surface area contributed by atoms with Gasteiger partial charge < -0.3 is 19.3 Å². The van der Waals surface area contributed by atoms with Crippen molar-refractivity contribution >= 4 is 5.97 Å². The number of methoxy groups -OCH3 is 1. The van der Waals surface area contributed by atoms with Gasteiger partial charge >= 0.3 is 5.97 Å². The van der Waals surface area contributed by atoms with Gasteiger partial charge in [-0.2, -0.15) is 0 Å². The molecule has 4 bridgehead atoms. The fourth-order valence-electron chi connectivity index (χ4n) is 6.69. The third-order valence-corrected chi connectivity index (χ3v) is 7.92. The lowest BCUT2D eigenvalue weighted by Gasteiger charge is -2.57. The summed E-state index contributed by atoms with van der Waals surface area (Å²) in [4.78, 5) is 11.1. The summed E-state index contributed by atoms with van der Waals surface area (Å²) in [5, 5.41) is 9.10. The molecule has 4 aliphatic carbocycles. The van der Waals surface area contributed by atoms with Crippen molar-refractivity contribution in [3.05, 3.63) is 64.7 Å². The maximum atomic E-state index is 11.1. The molecule has 0 spiro atoms. The Kier molecular flexibility index (Phi) is 6.38. The minimum Gasteiger partial charge on any atom is -0.478 e. The average molecular weight is 461 g/mol. The predicted octanol–water partition coefficient (Wildman–Crippen LogP) is 5.60. The van der Waals surface area contributed by atoms with Crippen molar-refractivity contribution < 1.29 is 24.1 Å². The van der Waals surface area contributed by atoms with Crippen LogP contribution in [0.4, 0.5) is 0 Å². The van der Waals surface area contributed by atoms with Gasteiger partial charge in [0.25, 0.3) is 0 Å². The first kappa shape index (κ1) is 23.0. The number of carboxylic acids is 1. The van der Waals surface area contributed by atoms with E-state index in [0.29, 0.717) is 0 Å². The van der Waals surface area contributed by atoms with Gasteiger partial charge in [0.1, 0.15) is 5.75 Å². The van der Waals surface area contributed by atoms with Crippen molar-refractivity contribution in [3.8, 4) is 17.6 Å². The van der Waals surface area contributed by atoms with Crippen molar-refractivity contribution in [3.63, 3.8) is 0 Å². The summed E-state index contributed by atoms with van der Waals surface area (Å²) in [7, 11) is 1.62. The van der Waals surface area contributed by atoms with E-state index < -0.39 is 5.97 Å². The molecule has 0 heterocycles. The topological polar surface area (TPSA) is 65.0 Å². The lowest BCUT2D eigenvalue weighted by Crippen LogP contribution is -2.48. The van der Waals surface area contributed by atoms with Gasteiger partial charge in [-0.05, 0) is 111 Å². The first-order valence-electron chi connectivity index (χ1n) is 12.2. The van der Waals surface area contributed by atoms with E-state index >= 15 is 0 Å². The molecule has 4 aliphatic rings. The van der Waals surface area contributed by atoms with Gasteiger partial charge in [-0.1, -0.05) is 11.8 Å². The monoisotopic (exact) mass is 460 g/mol. The highest BCUT2D eigenvalue weighted by molar-refractivity contribution is 5.87. The van der Waals surface area contributed by atoms with Crippen LogP contribution in [0.1, 0.15) is 72.5 Å². The number of rotatable bonds is 7. The van der Waals surface area contributed by atoms with E-state index in [1.54, 1.807) is 31.4 Å². The fourth-order valence-corrected chi connectivity index (χ4v) is 6.69. The second-order valence-electron chi connectivity index (χ2n) is 10.3. The molecule has 6 rings (SSSR count). The van der Waals surface area contributed by atoms with Crippen molar-refractivity contribution in [2.24, 2.45) is 17.8 Å². The summed E-state index contributed by atoms with van der Waals surface area (Å²) < 4.78 is 16.9. The standard InChI is InChI=1S/C29H32O5/c1-19(32-2)33-18-34-27-10-7-21(4-3-20-5-8-25(9-6-20)28(30)31)14-26(27)29-15-22-11-23(16-29)13-24(12-22)17-29/h5-10,14,19,22-24H,11-13,15-18H2,1-2H3,(H,30,31). The molecule has 0 aromatic heterocycles. The average Bonchev–Trinajstić information content (AvgIpc) is 2.82. The Morgan fingerprint density at radius 2 is 1.59 bits per heavy atom. The van der Waals surface area contributed by atoms with Crippen molar-refractivity contribution in [1.29, 1.82) is 0 Å². The molecule has 0 radical (unpaired) electrons. The molecule has 2 aromatic rings. The van der Waals surface area contributed by atoms with Crippen LogP contribution in [0.3, 0.4) is 0 Å². The van der Waals surface area contributed by atoms with E-state index in [2.05, 4.69) is 17.9 Å². The summed E-state index contributed by atoms with van der Waals surface area (Å²) in [6.45, 7) is 2.00. The zero-order chi connectivity index (χ0) is 23.7. The zero-order valence-corrected chi connectivity index (χ0v) is 19.9. The number of carbonyl (C=O) groups is 1. The predicted molar refractivity (Wildman–Crippen MR) is 129 cm³/mol. The molecular formula is C29H32O5. The summed E-state index contributed by atoms with van der Waals surface area (Å²) in [5.41, 5.74) is 3.45. The van der Waals surface area contributed by atoms with Gasteiger partial charge in [-0.25, -0.2) is 4.79 Å². The van der Waals surface area contributed by atoms with Crippen LogP contribution in [0.5, 0.6) is 5.75 Å². The molecule has 0 aliphatic heterocycles. The van der Waals surface area contributed by atoms with Gasteiger partial charge in [-0.15, -0.1) is 0 Å². The molecule has 2 aromatic carbocycles. The molecule has 4 saturated carbocycles. The Bertz CT molecular complexity index is 1070. The number of ether oxygens (including phenoxy) is 3. The van der Waals surface area contributed by atoms with E-state index in [1.165, 1.54) is 44.1 Å². The summed E-state index contributed by atoms with van der Waals surface area (Å²) in [6.07, 6.45) is 7.54. The number of aromatic carboxylic acids is 1. The maximum absolute atomic E-state index is 11.1. The number of benzene rings is 2. The maximum Gasteiger partial charge on any atom is 0.335 e. The molecule has 1 atom stereocenters. The highest BCUT2D eigenvalue weighted by Gasteiger charge is 2.52. The van der Waals surface area contributed by atoms with E-state index in [-0.39, 0.29) is 24.1 Å². The molecule has 1 unspecified atom stereocenters. The number of carboxylic acid groups (broad SMARTS) is 1. The van der Waals surface area contributed by atoms with Crippen LogP contribution in [0, 0.1) is 29.6 Å². The van der Waals surface area contributed by atoms with Crippen molar-refractivity contribution in [2.45, 2.75) is 57.2 Å². The molecule has 4 fully saturated rings. The fraction of sp³-hybridized carbons (Fsp3) is 0.483. The Hall–Kier alpha value is -2.81. The zero-order valence-electron chi connectivity index (χ0n) is 19.9. The van der Waals surface area contributed by atoms with E-state index in [1.807, 2.05) is 19.1 Å². The largest absolute Gasteiger partial charge is 0.478 e. The van der Waals surface area contributed by atoms with Gasteiger partial charge in [-0.3, -0.25) is 0 Å². The first-order chi connectivity index (χ1) is 16.4. The van der Waals surface area contributed by atoms with Crippen LogP contribution in [-0.2, 0) is 14.9 Å². The molecule has 0 amide bonds. The van der Waals surface area contributed by atoms with Gasteiger partial charge in [0, 0.05) is 23.8 Å². The number of hydrogen-bond donors (Lipinski definition) is 1. The SMILES string of the molecule is COC(C)OCOc1ccc(C#Cc2ccc(C(=O)O)cc2)cc1C12CC3CC(CC(C3)C1)C2. The molecule has 5 heteroatoms. The van der Waals surface area contributed by atoms with Gasteiger partial charge in [0.15, 0.2) is 13.1 Å². The number of hydrogen-bond acceptors (Lipinski definition) is 4. The Labute approximate surface area is 201 Å². The minimum absolute atomic E-state index is 0.148. The smallest absolute Gasteiger partial charge is 0.335 e. The quantitative estimate of drug-likeness (QED) is 0.431.